The van der Waals surface area contributed by atoms with Gasteiger partial charge in [0, 0.05) is 19.2 Å². The van der Waals surface area contributed by atoms with Gasteiger partial charge in [-0.2, -0.15) is 0 Å². The predicted molar refractivity (Wildman–Crippen MR) is 62.4 cm³/mol. The predicted octanol–water partition coefficient (Wildman–Crippen LogP) is 3.75. The second-order valence-electron chi connectivity index (χ2n) is 3.75. The maximum atomic E-state index is 9.38. The highest BCUT2D eigenvalue weighted by Crippen LogP contribution is 2.02. The van der Waals surface area contributed by atoms with E-state index in [1.54, 1.807) is 6.20 Å². The molecule has 0 aromatic rings. The molecule has 2 nitrogen and oxygen atoms in total. The topological polar surface area (TPSA) is 32.3 Å². The van der Waals surface area contributed by atoms with Crippen molar-refractivity contribution in [3.05, 3.63) is 12.0 Å². The van der Waals surface area contributed by atoms with Crippen LogP contribution in [0.5, 0.6) is 0 Å². The molecule has 0 bridgehead atoms. The van der Waals surface area contributed by atoms with Crippen LogP contribution in [0.3, 0.4) is 0 Å². The van der Waals surface area contributed by atoms with Gasteiger partial charge in [0.2, 0.25) is 0 Å². The minimum absolute atomic E-state index is 0.488. The van der Waals surface area contributed by atoms with Gasteiger partial charge in [-0.25, -0.2) is 0 Å². The zero-order valence-electron chi connectivity index (χ0n) is 9.68. The van der Waals surface area contributed by atoms with E-state index in [1.807, 2.05) is 0 Å². The first-order valence-corrected chi connectivity index (χ1v) is 5.92. The highest BCUT2D eigenvalue weighted by Gasteiger charge is 1.91. The van der Waals surface area contributed by atoms with Crippen molar-refractivity contribution >= 4 is 0 Å². The van der Waals surface area contributed by atoms with Gasteiger partial charge in [0.25, 0.3) is 0 Å². The molecular formula is C12H25NO. The normalized spacial score (nSPS) is 11.7. The van der Waals surface area contributed by atoms with Gasteiger partial charge >= 0.3 is 0 Å². The first-order chi connectivity index (χ1) is 6.81. The fourth-order valence-electron chi connectivity index (χ4n) is 1.27. The van der Waals surface area contributed by atoms with Crippen molar-refractivity contribution < 1.29 is 5.11 Å². The smallest absolute Gasteiger partial charge is 0.108 e. The van der Waals surface area contributed by atoms with Gasteiger partial charge in [0.05, 0.1) is 0 Å². The molecule has 0 amide bonds. The number of hydrogen-bond donors (Lipinski definition) is 2. The molecule has 0 aliphatic carbocycles. The highest BCUT2D eigenvalue weighted by atomic mass is 16.3. The third kappa shape index (κ3) is 9.43. The van der Waals surface area contributed by atoms with Crippen LogP contribution in [0.2, 0.25) is 0 Å². The maximum Gasteiger partial charge on any atom is 0.108 e. The van der Waals surface area contributed by atoms with Crippen molar-refractivity contribution in [2.75, 3.05) is 6.54 Å². The molecule has 0 radical (unpaired) electrons. The molecule has 0 atom stereocenters. The van der Waals surface area contributed by atoms with E-state index in [9.17, 15) is 5.11 Å². The lowest BCUT2D eigenvalue weighted by molar-refractivity contribution is 0.378. The number of nitrogens with one attached hydrogen (secondary N) is 1. The van der Waals surface area contributed by atoms with Crippen LogP contribution in [-0.4, -0.2) is 11.7 Å². The molecule has 0 spiro atoms. The van der Waals surface area contributed by atoms with E-state index in [1.165, 1.54) is 25.7 Å². The quantitative estimate of drug-likeness (QED) is 0.438. The van der Waals surface area contributed by atoms with Crippen LogP contribution in [-0.2, 0) is 0 Å². The second kappa shape index (κ2) is 10.4. The monoisotopic (exact) mass is 199 g/mol. The van der Waals surface area contributed by atoms with Gasteiger partial charge in [-0.3, -0.25) is 0 Å². The van der Waals surface area contributed by atoms with Gasteiger partial charge in [0.1, 0.15) is 5.76 Å². The van der Waals surface area contributed by atoms with Crippen LogP contribution >= 0.6 is 0 Å². The molecule has 0 aliphatic rings. The molecule has 84 valence electrons. The van der Waals surface area contributed by atoms with E-state index in [4.69, 9.17) is 0 Å². The second-order valence-corrected chi connectivity index (χ2v) is 3.75. The SMILES string of the molecule is CCCCCCNC=C(O)CCCC. The summed E-state index contributed by atoms with van der Waals surface area (Å²) in [5, 5.41) is 12.5. The molecule has 0 saturated heterocycles. The van der Waals surface area contributed by atoms with Crippen LogP contribution in [0.25, 0.3) is 0 Å². The Morgan fingerprint density at radius 3 is 2.43 bits per heavy atom. The molecule has 0 aromatic carbocycles. The first kappa shape index (κ1) is 13.3. The molecule has 0 aromatic heterocycles. The molecule has 0 unspecified atom stereocenters. The number of aliphatic hydroxyl groups is 1. The average Bonchev–Trinajstić information content (AvgIpc) is 2.20. The molecule has 0 heterocycles. The molecule has 0 fully saturated rings. The molecular weight excluding hydrogens is 174 g/mol. The van der Waals surface area contributed by atoms with Crippen molar-refractivity contribution in [3.8, 4) is 0 Å². The number of unbranched alkanes of at least 4 members (excludes halogenated alkanes) is 4. The van der Waals surface area contributed by atoms with Crippen molar-refractivity contribution in [3.63, 3.8) is 0 Å². The Hall–Kier alpha value is -0.660. The molecule has 0 aliphatic heterocycles. The summed E-state index contributed by atoms with van der Waals surface area (Å²) in [4.78, 5) is 0. The summed E-state index contributed by atoms with van der Waals surface area (Å²) in [6.07, 6.45) is 9.83. The summed E-state index contributed by atoms with van der Waals surface area (Å²) >= 11 is 0. The number of allylic oxidation sites excluding steroid dienone is 1. The van der Waals surface area contributed by atoms with E-state index in [0.29, 0.717) is 5.76 Å². The van der Waals surface area contributed by atoms with Gasteiger partial charge < -0.3 is 10.4 Å². The number of aliphatic hydroxyl groups excluding tert-OH is 1. The minimum atomic E-state index is 0.488. The Balaban J connectivity index is 3.23. The van der Waals surface area contributed by atoms with Crippen LogP contribution in [0, 0.1) is 0 Å². The highest BCUT2D eigenvalue weighted by molar-refractivity contribution is 4.88. The van der Waals surface area contributed by atoms with Crippen molar-refractivity contribution in [2.45, 2.75) is 58.8 Å². The minimum Gasteiger partial charge on any atom is -0.511 e. The van der Waals surface area contributed by atoms with Crippen molar-refractivity contribution in [1.82, 2.24) is 5.32 Å². The molecule has 2 N–H and O–H groups in total. The summed E-state index contributed by atoms with van der Waals surface area (Å²) in [6.45, 7) is 5.32. The molecule has 0 rings (SSSR count). The van der Waals surface area contributed by atoms with E-state index in [0.717, 1.165) is 25.8 Å². The lowest BCUT2D eigenvalue weighted by Gasteiger charge is -2.02. The van der Waals surface area contributed by atoms with Gasteiger partial charge in [-0.05, 0) is 12.8 Å². The van der Waals surface area contributed by atoms with Crippen LogP contribution in [0.15, 0.2) is 12.0 Å². The third-order valence-electron chi connectivity index (χ3n) is 2.23. The summed E-state index contributed by atoms with van der Waals surface area (Å²) in [5.41, 5.74) is 0. The Morgan fingerprint density at radius 1 is 1.07 bits per heavy atom. The van der Waals surface area contributed by atoms with Crippen molar-refractivity contribution in [2.24, 2.45) is 0 Å². The Bertz CT molecular complexity index is 143. The maximum absolute atomic E-state index is 9.38. The Morgan fingerprint density at radius 2 is 1.79 bits per heavy atom. The van der Waals surface area contributed by atoms with E-state index in [-0.39, 0.29) is 0 Å². The Kier molecular flexibility index (Phi) is 9.93. The van der Waals surface area contributed by atoms with Crippen LogP contribution < -0.4 is 5.32 Å². The van der Waals surface area contributed by atoms with Gasteiger partial charge in [0.15, 0.2) is 0 Å². The van der Waals surface area contributed by atoms with Crippen LogP contribution in [0.1, 0.15) is 58.8 Å². The number of hydrogen-bond acceptors (Lipinski definition) is 2. The fourth-order valence-corrected chi connectivity index (χ4v) is 1.27. The Labute approximate surface area is 88.4 Å². The zero-order chi connectivity index (χ0) is 10.6. The standard InChI is InChI=1S/C12H25NO/c1-3-5-7-8-10-13-11-12(14)9-6-4-2/h11,13-14H,3-10H2,1-2H3. The summed E-state index contributed by atoms with van der Waals surface area (Å²) < 4.78 is 0. The number of rotatable bonds is 9. The largest absolute Gasteiger partial charge is 0.511 e. The van der Waals surface area contributed by atoms with Crippen molar-refractivity contribution in [1.29, 1.82) is 0 Å². The molecule has 2 heteroatoms. The van der Waals surface area contributed by atoms with Gasteiger partial charge in [-0.15, -0.1) is 0 Å². The summed E-state index contributed by atoms with van der Waals surface area (Å²) in [7, 11) is 0. The lowest BCUT2D eigenvalue weighted by atomic mass is 10.2. The lowest BCUT2D eigenvalue weighted by Crippen LogP contribution is -2.08. The average molecular weight is 199 g/mol. The first-order valence-electron chi connectivity index (χ1n) is 5.92. The fraction of sp³-hybridized carbons (Fsp3) is 0.833. The van der Waals surface area contributed by atoms with E-state index >= 15 is 0 Å². The van der Waals surface area contributed by atoms with E-state index in [2.05, 4.69) is 19.2 Å². The van der Waals surface area contributed by atoms with Gasteiger partial charge in [-0.1, -0.05) is 39.5 Å². The zero-order valence-corrected chi connectivity index (χ0v) is 9.68. The summed E-state index contributed by atoms with van der Waals surface area (Å²) in [5.74, 6) is 0.488. The molecule has 0 saturated carbocycles. The third-order valence-corrected chi connectivity index (χ3v) is 2.23. The van der Waals surface area contributed by atoms with Crippen LogP contribution in [0.4, 0.5) is 0 Å². The summed E-state index contributed by atoms with van der Waals surface area (Å²) in [6, 6.07) is 0. The van der Waals surface area contributed by atoms with E-state index < -0.39 is 0 Å². The molecule has 14 heavy (non-hydrogen) atoms.